The molecule has 1 saturated heterocycles. The van der Waals surface area contributed by atoms with E-state index in [-0.39, 0.29) is 57.9 Å². The van der Waals surface area contributed by atoms with Gasteiger partial charge < -0.3 is 29.4 Å². The van der Waals surface area contributed by atoms with Gasteiger partial charge in [0.1, 0.15) is 18.5 Å². The zero-order chi connectivity index (χ0) is 36.4. The van der Waals surface area contributed by atoms with Crippen molar-refractivity contribution in [1.82, 2.24) is 34.0 Å². The fraction of sp³-hybridized carbons (Fsp3) is 0.406. The summed E-state index contributed by atoms with van der Waals surface area (Å²) in [6, 6.07) is 2.48. The predicted octanol–water partition coefficient (Wildman–Crippen LogP) is 3.98. The molecule has 2 amide bonds. The smallest absolute Gasteiger partial charge is 0.416 e. The van der Waals surface area contributed by atoms with Gasteiger partial charge in [0.15, 0.2) is 23.4 Å². The van der Waals surface area contributed by atoms with E-state index in [1.807, 2.05) is 0 Å². The molecule has 3 aliphatic rings. The van der Waals surface area contributed by atoms with Gasteiger partial charge in [-0.25, -0.2) is 14.4 Å². The number of fused-ring (bicyclic) bond motifs is 3. The molecular formula is C32H29ClF4N8O6. The lowest BCUT2D eigenvalue weighted by Gasteiger charge is -2.41. The molecule has 3 atom stereocenters. The lowest BCUT2D eigenvalue weighted by Crippen LogP contribution is -2.55. The predicted molar refractivity (Wildman–Crippen MR) is 171 cm³/mol. The number of carbonyl (C=O) groups is 2. The molecule has 3 aliphatic heterocycles. The van der Waals surface area contributed by atoms with E-state index in [1.165, 1.54) is 11.5 Å². The van der Waals surface area contributed by atoms with Crippen LogP contribution in [-0.4, -0.2) is 83.4 Å². The van der Waals surface area contributed by atoms with Crippen LogP contribution in [0.15, 0.2) is 35.4 Å². The van der Waals surface area contributed by atoms with Crippen LogP contribution in [0.4, 0.5) is 23.2 Å². The number of nitrogens with one attached hydrogen (secondary N) is 1. The van der Waals surface area contributed by atoms with Crippen molar-refractivity contribution in [2.75, 3.05) is 31.6 Å². The maximum absolute atomic E-state index is 16.6. The summed E-state index contributed by atoms with van der Waals surface area (Å²) < 4.78 is 70.2. The Hall–Kier alpha value is -4.94. The summed E-state index contributed by atoms with van der Waals surface area (Å²) in [5.41, 5.74) is -3.10. The summed E-state index contributed by atoms with van der Waals surface area (Å²) in [5, 5.41) is 17.0. The molecule has 0 unspecified atom stereocenters. The minimum Gasteiger partial charge on any atom is -0.504 e. The van der Waals surface area contributed by atoms with Crippen LogP contribution in [0.3, 0.4) is 0 Å². The number of carbonyl (C=O) groups excluding carboxylic acids is 2. The first-order valence-electron chi connectivity index (χ1n) is 15.8. The van der Waals surface area contributed by atoms with Crippen LogP contribution in [0.1, 0.15) is 64.7 Å². The highest BCUT2D eigenvalue weighted by Crippen LogP contribution is 2.49. The molecule has 6 heterocycles. The molecule has 1 aromatic carbocycles. The normalized spacial score (nSPS) is 21.9. The second-order valence-corrected chi connectivity index (χ2v) is 12.8. The Bertz CT molecular complexity index is 2190. The Morgan fingerprint density at radius 2 is 2.02 bits per heavy atom. The summed E-state index contributed by atoms with van der Waals surface area (Å²) in [4.78, 5) is 54.6. The van der Waals surface area contributed by atoms with E-state index in [0.717, 1.165) is 27.9 Å². The van der Waals surface area contributed by atoms with Gasteiger partial charge in [-0.05, 0) is 44.0 Å². The lowest BCUT2D eigenvalue weighted by atomic mass is 9.83. The maximum Gasteiger partial charge on any atom is 0.416 e. The molecule has 4 aromatic rings. The van der Waals surface area contributed by atoms with Gasteiger partial charge in [0.25, 0.3) is 11.5 Å². The first-order chi connectivity index (χ1) is 24.2. The summed E-state index contributed by atoms with van der Waals surface area (Å²) in [6.07, 6.45) is -4.44. The van der Waals surface area contributed by atoms with Gasteiger partial charge in [0, 0.05) is 13.0 Å². The van der Waals surface area contributed by atoms with Crippen molar-refractivity contribution in [2.45, 2.75) is 57.3 Å². The number of hydrogen-bond donors (Lipinski definition) is 2. The monoisotopic (exact) mass is 732 g/mol. The standard InChI is InChI=1S/C32H29ClF4N8O6/c1-15-26(47)24(39-14-38-15)29(49)43-8-7-31(21(34)12-43)23-25(16(2)51-31)44(13-22(46)40-20-4-3-18(11-19(20)33)32(35,36)37)30-41-27(42-45(30)28(23)48)17-5-9-50-10-6-17/h3-5,11,14,16,21,47H,6-10,12-13H2,1-2H3,(H,40,46)/t16-,21+,31+/m1/s1. The Labute approximate surface area is 290 Å². The molecule has 14 nitrogen and oxygen atoms in total. The van der Waals surface area contributed by atoms with Crippen molar-refractivity contribution < 1.29 is 41.7 Å². The first kappa shape index (κ1) is 34.5. The Kier molecular flexibility index (Phi) is 8.58. The molecule has 268 valence electrons. The number of aromatic hydroxyl groups is 1. The van der Waals surface area contributed by atoms with E-state index in [2.05, 4.69) is 25.4 Å². The van der Waals surface area contributed by atoms with E-state index in [9.17, 15) is 32.7 Å². The van der Waals surface area contributed by atoms with Gasteiger partial charge >= 0.3 is 6.18 Å². The molecule has 1 spiro atoms. The van der Waals surface area contributed by atoms with Crippen molar-refractivity contribution in [3.8, 4) is 5.75 Å². The highest BCUT2D eigenvalue weighted by molar-refractivity contribution is 6.33. The number of piperidine rings is 1. The van der Waals surface area contributed by atoms with Crippen molar-refractivity contribution in [3.05, 3.63) is 80.0 Å². The van der Waals surface area contributed by atoms with E-state index < -0.39 is 65.8 Å². The van der Waals surface area contributed by atoms with Crippen molar-refractivity contribution in [3.63, 3.8) is 0 Å². The number of ether oxygens (including phenoxy) is 2. The molecule has 2 N–H and O–H groups in total. The Morgan fingerprint density at radius 1 is 1.24 bits per heavy atom. The van der Waals surface area contributed by atoms with E-state index in [4.69, 9.17) is 21.1 Å². The van der Waals surface area contributed by atoms with Crippen LogP contribution in [0, 0.1) is 6.92 Å². The molecule has 1 fully saturated rings. The van der Waals surface area contributed by atoms with Crippen LogP contribution in [0.2, 0.25) is 5.02 Å². The summed E-state index contributed by atoms with van der Waals surface area (Å²) in [6.45, 7) is 2.59. The fourth-order valence-electron chi connectivity index (χ4n) is 6.73. The Balaban J connectivity index is 1.28. The van der Waals surface area contributed by atoms with Crippen LogP contribution in [-0.2, 0) is 32.6 Å². The van der Waals surface area contributed by atoms with Crippen molar-refractivity contribution >= 4 is 40.5 Å². The fourth-order valence-corrected chi connectivity index (χ4v) is 6.96. The zero-order valence-electron chi connectivity index (χ0n) is 27.0. The molecule has 0 aliphatic carbocycles. The van der Waals surface area contributed by atoms with Crippen LogP contribution in [0.5, 0.6) is 5.75 Å². The largest absolute Gasteiger partial charge is 0.504 e. The van der Waals surface area contributed by atoms with Gasteiger partial charge in [0.2, 0.25) is 11.7 Å². The van der Waals surface area contributed by atoms with Crippen LogP contribution >= 0.6 is 11.6 Å². The number of hydrogen-bond acceptors (Lipinski definition) is 10. The van der Waals surface area contributed by atoms with Crippen molar-refractivity contribution in [2.24, 2.45) is 0 Å². The van der Waals surface area contributed by atoms with Gasteiger partial charge in [-0.15, -0.1) is 5.10 Å². The van der Waals surface area contributed by atoms with Gasteiger partial charge in [-0.2, -0.15) is 22.7 Å². The first-order valence-corrected chi connectivity index (χ1v) is 16.2. The molecule has 0 saturated carbocycles. The lowest BCUT2D eigenvalue weighted by molar-refractivity contribution is -0.143. The summed E-state index contributed by atoms with van der Waals surface area (Å²) >= 11 is 6.09. The number of anilines is 1. The number of nitrogens with zero attached hydrogens (tertiary/aromatic N) is 7. The van der Waals surface area contributed by atoms with Crippen LogP contribution in [0.25, 0.3) is 11.4 Å². The number of alkyl halides is 4. The number of aromatic nitrogens is 6. The van der Waals surface area contributed by atoms with Crippen LogP contribution < -0.4 is 10.9 Å². The maximum atomic E-state index is 16.6. The SMILES string of the molecule is Cc1ncnc(C(=O)N2CC[C@]3(O[C@H](C)c4c3c(=O)n3nc(C5=CCOCC5)nc3n4CC(=O)Nc3ccc(C(F)(F)F)cc3Cl)[C@@H](F)C2)c1O. The summed E-state index contributed by atoms with van der Waals surface area (Å²) in [5.74, 6) is -1.78. The Morgan fingerprint density at radius 3 is 2.71 bits per heavy atom. The molecule has 7 rings (SSSR count). The average Bonchev–Trinajstić information content (AvgIpc) is 3.67. The van der Waals surface area contributed by atoms with Gasteiger partial charge in [-0.3, -0.25) is 14.4 Å². The minimum atomic E-state index is -4.65. The number of likely N-dealkylation sites (tertiary alicyclic amines) is 1. The van der Waals surface area contributed by atoms with Gasteiger partial charge in [0.05, 0.1) is 59.1 Å². The molecule has 51 heavy (non-hydrogen) atoms. The van der Waals surface area contributed by atoms with E-state index in [0.29, 0.717) is 31.3 Å². The quantitative estimate of drug-likeness (QED) is 0.287. The second kappa shape index (κ2) is 12.7. The molecule has 0 bridgehead atoms. The van der Waals surface area contributed by atoms with E-state index >= 15 is 4.39 Å². The number of halogens is 5. The number of aryl methyl sites for hydroxylation is 1. The third-order valence-corrected chi connectivity index (χ3v) is 9.55. The minimum absolute atomic E-state index is 0.0556. The summed E-state index contributed by atoms with van der Waals surface area (Å²) in [7, 11) is 0. The molecule has 0 radical (unpaired) electrons. The van der Waals surface area contributed by atoms with Gasteiger partial charge in [-0.1, -0.05) is 17.7 Å². The number of rotatable bonds is 5. The number of amides is 2. The third-order valence-electron chi connectivity index (χ3n) is 9.24. The molecule has 3 aromatic heterocycles. The zero-order valence-corrected chi connectivity index (χ0v) is 27.8. The third kappa shape index (κ3) is 5.89. The number of benzene rings is 1. The van der Waals surface area contributed by atoms with E-state index in [1.54, 1.807) is 13.0 Å². The highest BCUT2D eigenvalue weighted by atomic mass is 35.5. The molecule has 19 heteroatoms. The van der Waals surface area contributed by atoms with Crippen molar-refractivity contribution in [1.29, 1.82) is 0 Å². The topological polar surface area (TPSA) is 166 Å². The average molecular weight is 733 g/mol. The molecular weight excluding hydrogens is 704 g/mol. The highest BCUT2D eigenvalue weighted by Gasteiger charge is 2.56. The second-order valence-electron chi connectivity index (χ2n) is 12.4.